The van der Waals surface area contributed by atoms with E-state index in [0.717, 1.165) is 51.5 Å². The molecule has 0 aliphatic carbocycles. The molecule has 0 radical (unpaired) electrons. The van der Waals surface area contributed by atoms with E-state index >= 15 is 0 Å². The van der Waals surface area contributed by atoms with Gasteiger partial charge in [0, 0.05) is 13.0 Å². The molecule has 1 heterocycles. The average Bonchev–Trinajstić information content (AvgIpc) is 3.40. The topological polar surface area (TPSA) is 73.4 Å². The first-order chi connectivity index (χ1) is 20.5. The number of ether oxygens (including phenoxy) is 2. The Hall–Kier alpha value is -2.31. The molecule has 0 spiro atoms. The zero-order chi connectivity index (χ0) is 30.5. The van der Waals surface area contributed by atoms with Gasteiger partial charge in [-0.2, -0.15) is 0 Å². The predicted octanol–water partition coefficient (Wildman–Crippen LogP) is 8.74. The van der Waals surface area contributed by atoms with Crippen molar-refractivity contribution in [3.05, 3.63) is 30.9 Å². The van der Waals surface area contributed by atoms with E-state index in [-0.39, 0.29) is 19.2 Å². The highest BCUT2D eigenvalue weighted by atomic mass is 16.6. The van der Waals surface area contributed by atoms with Gasteiger partial charge in [0.1, 0.15) is 25.6 Å². The molecule has 7 nitrogen and oxygen atoms in total. The Bertz CT molecular complexity index is 808. The van der Waals surface area contributed by atoms with E-state index in [1.54, 1.807) is 0 Å². The molecule has 1 rings (SSSR count). The molecule has 0 unspecified atom stereocenters. The van der Waals surface area contributed by atoms with Crippen molar-refractivity contribution in [2.45, 2.75) is 155 Å². The Morgan fingerprint density at radius 1 is 0.714 bits per heavy atom. The number of hydrogen-bond acceptors (Lipinski definition) is 4. The Morgan fingerprint density at radius 2 is 1.21 bits per heavy atom. The second-order valence-corrected chi connectivity index (χ2v) is 12.1. The molecule has 0 aliphatic rings. The standard InChI is InChI=1S/C35H63N3O4/c1-4-5-6-7-8-9-10-11-12-13-14-15-16-17-20-23-26-36-35(40)42-31-33(2)30-41-34(39)25-22-19-18-21-24-27-38-29-28-37(3)32-38/h28-29,32H,2,4-27,30-31H2,1,3H3/p+1. The van der Waals surface area contributed by atoms with E-state index < -0.39 is 6.09 Å². The third-order valence-electron chi connectivity index (χ3n) is 7.77. The van der Waals surface area contributed by atoms with Gasteiger partial charge in [0.2, 0.25) is 6.33 Å². The van der Waals surface area contributed by atoms with Crippen molar-refractivity contribution in [1.29, 1.82) is 0 Å². The van der Waals surface area contributed by atoms with Crippen molar-refractivity contribution in [2.24, 2.45) is 7.05 Å². The summed E-state index contributed by atoms with van der Waals surface area (Å²) in [6.45, 7) is 7.95. The summed E-state index contributed by atoms with van der Waals surface area (Å²) < 4.78 is 14.7. The minimum absolute atomic E-state index is 0.0670. The third kappa shape index (κ3) is 24.3. The summed E-state index contributed by atoms with van der Waals surface area (Å²) in [5.74, 6) is -0.219. The number of amides is 1. The number of carbonyl (C=O) groups is 2. The van der Waals surface area contributed by atoms with E-state index in [1.165, 1.54) is 89.9 Å². The monoisotopic (exact) mass is 590 g/mol. The lowest BCUT2D eigenvalue weighted by atomic mass is 10.0. The van der Waals surface area contributed by atoms with E-state index in [0.29, 0.717) is 18.5 Å². The summed E-state index contributed by atoms with van der Waals surface area (Å²) in [6, 6.07) is 0. The van der Waals surface area contributed by atoms with Gasteiger partial charge in [-0.05, 0) is 31.3 Å². The molecule has 0 aromatic carbocycles. The number of imidazole rings is 1. The van der Waals surface area contributed by atoms with Gasteiger partial charge in [-0.25, -0.2) is 13.9 Å². The van der Waals surface area contributed by atoms with Gasteiger partial charge in [0.05, 0.1) is 13.6 Å². The molecule has 0 fully saturated rings. The van der Waals surface area contributed by atoms with Gasteiger partial charge in [0.25, 0.3) is 0 Å². The molecule has 0 aliphatic heterocycles. The number of alkyl carbamates (subject to hydrolysis) is 1. The van der Waals surface area contributed by atoms with Crippen LogP contribution in [0.1, 0.15) is 148 Å². The molecular formula is C35H64N3O4+. The summed E-state index contributed by atoms with van der Waals surface area (Å²) >= 11 is 0. The van der Waals surface area contributed by atoms with Crippen LogP contribution in [0.3, 0.4) is 0 Å². The predicted molar refractivity (Wildman–Crippen MR) is 172 cm³/mol. The molecule has 1 amide bonds. The second-order valence-electron chi connectivity index (χ2n) is 12.1. The van der Waals surface area contributed by atoms with Gasteiger partial charge in [0.15, 0.2) is 0 Å². The smallest absolute Gasteiger partial charge is 0.407 e. The number of carbonyl (C=O) groups excluding carboxylic acids is 2. The Kier molecular flexibility index (Phi) is 24.7. The second kappa shape index (κ2) is 27.5. The van der Waals surface area contributed by atoms with Crippen LogP contribution in [0, 0.1) is 0 Å². The van der Waals surface area contributed by atoms with Gasteiger partial charge in [-0.3, -0.25) is 4.79 Å². The van der Waals surface area contributed by atoms with Crippen LogP contribution in [0.25, 0.3) is 0 Å². The van der Waals surface area contributed by atoms with Crippen LogP contribution in [-0.2, 0) is 27.9 Å². The molecule has 42 heavy (non-hydrogen) atoms. The van der Waals surface area contributed by atoms with Gasteiger partial charge >= 0.3 is 12.1 Å². The highest BCUT2D eigenvalue weighted by Crippen LogP contribution is 2.14. The lowest BCUT2D eigenvalue weighted by Gasteiger charge is -2.10. The lowest BCUT2D eigenvalue weighted by molar-refractivity contribution is -0.671. The number of aromatic nitrogens is 2. The van der Waals surface area contributed by atoms with Crippen molar-refractivity contribution in [2.75, 3.05) is 19.8 Å². The summed E-state index contributed by atoms with van der Waals surface area (Å²) in [6.07, 6.45) is 32.8. The highest BCUT2D eigenvalue weighted by Gasteiger charge is 2.07. The van der Waals surface area contributed by atoms with E-state index in [1.807, 2.05) is 17.8 Å². The fraction of sp³-hybridized carbons (Fsp3) is 0.800. The maximum absolute atomic E-state index is 12.0. The molecule has 0 saturated heterocycles. The van der Waals surface area contributed by atoms with Crippen LogP contribution in [0.15, 0.2) is 30.9 Å². The first kappa shape index (κ1) is 37.7. The normalized spacial score (nSPS) is 11.0. The van der Waals surface area contributed by atoms with Crippen LogP contribution in [-0.4, -0.2) is 36.4 Å². The Morgan fingerprint density at radius 3 is 1.76 bits per heavy atom. The minimum Gasteiger partial charge on any atom is -0.461 e. The summed E-state index contributed by atoms with van der Waals surface area (Å²) in [4.78, 5) is 23.8. The Labute approximate surface area is 257 Å². The van der Waals surface area contributed by atoms with Crippen molar-refractivity contribution in [3.8, 4) is 0 Å². The fourth-order valence-electron chi connectivity index (χ4n) is 5.11. The number of aryl methyl sites for hydroxylation is 2. The van der Waals surface area contributed by atoms with Crippen molar-refractivity contribution in [1.82, 2.24) is 9.88 Å². The number of nitrogens with one attached hydrogen (secondary N) is 1. The maximum atomic E-state index is 12.0. The molecular weight excluding hydrogens is 526 g/mol. The van der Waals surface area contributed by atoms with Crippen molar-refractivity contribution in [3.63, 3.8) is 0 Å². The Balaban J connectivity index is 1.81. The molecule has 7 heteroatoms. The highest BCUT2D eigenvalue weighted by molar-refractivity contribution is 5.69. The number of unbranched alkanes of at least 4 members (excludes halogenated alkanes) is 19. The number of hydrogen-bond donors (Lipinski definition) is 1. The number of rotatable bonds is 29. The number of nitrogens with zero attached hydrogens (tertiary/aromatic N) is 2. The molecule has 1 aromatic rings. The summed E-state index contributed by atoms with van der Waals surface area (Å²) in [5, 5.41) is 2.80. The largest absolute Gasteiger partial charge is 0.461 e. The van der Waals surface area contributed by atoms with Crippen LogP contribution < -0.4 is 9.88 Å². The molecule has 0 atom stereocenters. The van der Waals surface area contributed by atoms with Crippen molar-refractivity contribution >= 4 is 12.1 Å². The van der Waals surface area contributed by atoms with Crippen LogP contribution in [0.4, 0.5) is 4.79 Å². The van der Waals surface area contributed by atoms with Crippen molar-refractivity contribution < 1.29 is 23.6 Å². The molecule has 1 N–H and O–H groups in total. The fourth-order valence-corrected chi connectivity index (χ4v) is 5.11. The zero-order valence-electron chi connectivity index (χ0n) is 27.4. The molecule has 0 saturated carbocycles. The minimum atomic E-state index is -0.436. The van der Waals surface area contributed by atoms with Gasteiger partial charge in [-0.15, -0.1) is 0 Å². The first-order valence-electron chi connectivity index (χ1n) is 17.2. The average molecular weight is 591 g/mol. The zero-order valence-corrected chi connectivity index (χ0v) is 27.4. The first-order valence-corrected chi connectivity index (χ1v) is 17.2. The summed E-state index contributed by atoms with van der Waals surface area (Å²) in [5.41, 5.74) is 0.583. The van der Waals surface area contributed by atoms with E-state index in [4.69, 9.17) is 9.47 Å². The quantitative estimate of drug-likeness (QED) is 0.0438. The molecule has 242 valence electrons. The third-order valence-corrected chi connectivity index (χ3v) is 7.77. The SMILES string of the molecule is C=C(COC(=O)CCCCCCCn1cc[n+](C)c1)COC(=O)NCCCCCCCCCCCCCCCCCC. The van der Waals surface area contributed by atoms with Crippen LogP contribution >= 0.6 is 0 Å². The maximum Gasteiger partial charge on any atom is 0.407 e. The number of esters is 1. The van der Waals surface area contributed by atoms with Gasteiger partial charge < -0.3 is 14.8 Å². The van der Waals surface area contributed by atoms with E-state index in [9.17, 15) is 9.59 Å². The molecule has 0 bridgehead atoms. The van der Waals surface area contributed by atoms with Crippen LogP contribution in [0.5, 0.6) is 0 Å². The molecule has 1 aromatic heterocycles. The van der Waals surface area contributed by atoms with Gasteiger partial charge in [-0.1, -0.05) is 123 Å². The van der Waals surface area contributed by atoms with E-state index in [2.05, 4.69) is 35.9 Å². The lowest BCUT2D eigenvalue weighted by Crippen LogP contribution is -2.26. The van der Waals surface area contributed by atoms with Crippen LogP contribution in [0.2, 0.25) is 0 Å². The summed E-state index contributed by atoms with van der Waals surface area (Å²) in [7, 11) is 2.03.